The molecule has 1 rings (SSSR count). The van der Waals surface area contributed by atoms with E-state index in [0.29, 0.717) is 6.07 Å². The number of aliphatic carboxylic acids is 1. The van der Waals surface area contributed by atoms with E-state index in [9.17, 15) is 25.0 Å². The molecule has 0 saturated heterocycles. The maximum absolute atomic E-state index is 10.9. The van der Waals surface area contributed by atoms with Gasteiger partial charge < -0.3 is 15.9 Å². The number of hydrogen-bond acceptors (Lipinski definition) is 7. The molecule has 0 radical (unpaired) electrons. The Bertz CT molecular complexity index is 545. The van der Waals surface area contributed by atoms with Crippen molar-refractivity contribution in [2.75, 3.05) is 0 Å². The third kappa shape index (κ3) is 2.93. The molecule has 0 aromatic heterocycles. The summed E-state index contributed by atoms with van der Waals surface area (Å²) in [6.45, 7) is 0. The van der Waals surface area contributed by atoms with Crippen molar-refractivity contribution in [2.45, 2.75) is 12.1 Å². The van der Waals surface area contributed by atoms with Crippen LogP contribution in [-0.2, 0) is 4.79 Å². The van der Waals surface area contributed by atoms with Gasteiger partial charge in [0.2, 0.25) is 0 Å². The topological polar surface area (TPSA) is 170 Å². The normalized spacial score (nSPS) is 13.5. The van der Waals surface area contributed by atoms with Crippen molar-refractivity contribution in [3.63, 3.8) is 0 Å². The van der Waals surface area contributed by atoms with Crippen LogP contribution < -0.4 is 5.73 Å². The zero-order chi connectivity index (χ0) is 14.7. The minimum Gasteiger partial charge on any atom is -0.508 e. The molecule has 2 atom stereocenters. The fraction of sp³-hybridized carbons (Fsp3) is 0.222. The third-order valence-electron chi connectivity index (χ3n) is 2.38. The molecular weight excluding hydrogens is 262 g/mol. The van der Waals surface area contributed by atoms with E-state index in [1.54, 1.807) is 0 Å². The second kappa shape index (κ2) is 5.27. The molecule has 0 amide bonds. The number of rotatable bonds is 5. The summed E-state index contributed by atoms with van der Waals surface area (Å²) in [6.07, 6.45) is 0. The first-order chi connectivity index (χ1) is 8.75. The summed E-state index contributed by atoms with van der Waals surface area (Å²) < 4.78 is 0. The molecule has 102 valence electrons. The number of carbonyl (C=O) groups is 1. The number of carboxylic acids is 1. The number of nitro groups is 2. The number of nitro benzene ring substituents is 1. The van der Waals surface area contributed by atoms with Crippen molar-refractivity contribution in [1.82, 2.24) is 0 Å². The summed E-state index contributed by atoms with van der Waals surface area (Å²) in [7, 11) is 0. The Morgan fingerprint density at radius 2 is 1.89 bits per heavy atom. The Morgan fingerprint density at radius 3 is 2.32 bits per heavy atom. The van der Waals surface area contributed by atoms with Gasteiger partial charge in [-0.25, -0.2) is 0 Å². The molecule has 10 nitrogen and oxygen atoms in total. The van der Waals surface area contributed by atoms with Gasteiger partial charge in [-0.1, -0.05) is 0 Å². The summed E-state index contributed by atoms with van der Waals surface area (Å²) >= 11 is 0. The lowest BCUT2D eigenvalue weighted by atomic mass is 9.98. The molecule has 0 heterocycles. The number of aromatic hydroxyl groups is 1. The number of benzene rings is 1. The van der Waals surface area contributed by atoms with Crippen LogP contribution in [0.25, 0.3) is 0 Å². The summed E-state index contributed by atoms with van der Waals surface area (Å²) in [6, 6.07) is -1.35. The predicted octanol–water partition coefficient (Wildman–Crippen LogP) is 0.0301. The molecular formula is C9H9N3O7. The zero-order valence-corrected chi connectivity index (χ0v) is 9.29. The molecule has 0 aliphatic carbocycles. The van der Waals surface area contributed by atoms with Crippen molar-refractivity contribution in [3.05, 3.63) is 44.0 Å². The summed E-state index contributed by atoms with van der Waals surface area (Å²) in [5.41, 5.74) is 3.93. The van der Waals surface area contributed by atoms with Crippen LogP contribution in [0.4, 0.5) is 5.69 Å². The van der Waals surface area contributed by atoms with Gasteiger partial charge in [0.1, 0.15) is 11.3 Å². The highest BCUT2D eigenvalue weighted by Crippen LogP contribution is 2.31. The molecule has 1 aromatic rings. The van der Waals surface area contributed by atoms with E-state index in [1.807, 2.05) is 0 Å². The summed E-state index contributed by atoms with van der Waals surface area (Å²) in [4.78, 5) is 30.4. The highest BCUT2D eigenvalue weighted by molar-refractivity contribution is 5.74. The van der Waals surface area contributed by atoms with Crippen LogP contribution in [0, 0.1) is 20.2 Å². The van der Waals surface area contributed by atoms with Crippen LogP contribution in [-0.4, -0.2) is 32.1 Å². The van der Waals surface area contributed by atoms with Gasteiger partial charge in [-0.2, -0.15) is 0 Å². The Hall–Kier alpha value is -2.75. The Morgan fingerprint density at radius 1 is 1.32 bits per heavy atom. The van der Waals surface area contributed by atoms with E-state index < -0.39 is 44.9 Å². The monoisotopic (exact) mass is 271 g/mol. The number of carboxylic acid groups (broad SMARTS) is 1. The zero-order valence-electron chi connectivity index (χ0n) is 9.29. The largest absolute Gasteiger partial charge is 0.508 e. The summed E-state index contributed by atoms with van der Waals surface area (Å²) in [5, 5.41) is 39.5. The maximum Gasteiger partial charge on any atom is 0.328 e. The van der Waals surface area contributed by atoms with Gasteiger partial charge in [-0.05, 0) is 12.1 Å². The Balaban J connectivity index is 3.43. The second-order valence-corrected chi connectivity index (χ2v) is 3.59. The predicted molar refractivity (Wildman–Crippen MR) is 60.1 cm³/mol. The third-order valence-corrected chi connectivity index (χ3v) is 2.38. The highest BCUT2D eigenvalue weighted by Gasteiger charge is 2.40. The lowest BCUT2D eigenvalue weighted by Crippen LogP contribution is -2.40. The van der Waals surface area contributed by atoms with Crippen molar-refractivity contribution in [2.24, 2.45) is 5.73 Å². The van der Waals surface area contributed by atoms with E-state index in [-0.39, 0.29) is 0 Å². The standard InChI is InChI=1S/C9H9N3O7/c10-7(9(14)15)8(12(18)19)5-2-1-4(13)3-6(5)11(16)17/h1-3,7-8,13H,10H2,(H,14,15)/t7-,8?/m1/s1. The first kappa shape index (κ1) is 14.3. The molecule has 19 heavy (non-hydrogen) atoms. The Kier molecular flexibility index (Phi) is 3.97. The minimum absolute atomic E-state index is 0.471. The van der Waals surface area contributed by atoms with E-state index >= 15 is 0 Å². The number of nitrogens with zero attached hydrogens (tertiary/aromatic N) is 2. The van der Waals surface area contributed by atoms with Gasteiger partial charge in [0, 0.05) is 4.92 Å². The van der Waals surface area contributed by atoms with E-state index in [2.05, 4.69) is 0 Å². The van der Waals surface area contributed by atoms with Crippen LogP contribution in [0.3, 0.4) is 0 Å². The molecule has 0 aliphatic heterocycles. The maximum atomic E-state index is 10.9. The Labute approximate surface area is 105 Å². The van der Waals surface area contributed by atoms with Gasteiger partial charge in [0.05, 0.1) is 11.0 Å². The molecule has 10 heteroatoms. The number of nitrogens with two attached hydrogens (primary N) is 1. The van der Waals surface area contributed by atoms with Crippen LogP contribution in [0.5, 0.6) is 5.75 Å². The van der Waals surface area contributed by atoms with Gasteiger partial charge in [0.25, 0.3) is 11.7 Å². The van der Waals surface area contributed by atoms with Crippen molar-refractivity contribution >= 4 is 11.7 Å². The van der Waals surface area contributed by atoms with Gasteiger partial charge in [-0.3, -0.25) is 25.0 Å². The van der Waals surface area contributed by atoms with E-state index in [4.69, 9.17) is 15.9 Å². The smallest absolute Gasteiger partial charge is 0.328 e. The van der Waals surface area contributed by atoms with E-state index in [0.717, 1.165) is 12.1 Å². The van der Waals surface area contributed by atoms with Crippen LogP contribution in [0.15, 0.2) is 18.2 Å². The van der Waals surface area contributed by atoms with Crippen molar-refractivity contribution in [1.29, 1.82) is 0 Å². The van der Waals surface area contributed by atoms with Crippen molar-refractivity contribution < 1.29 is 24.9 Å². The van der Waals surface area contributed by atoms with Crippen molar-refractivity contribution in [3.8, 4) is 5.75 Å². The first-order valence-electron chi connectivity index (χ1n) is 4.85. The number of phenols is 1. The molecule has 1 unspecified atom stereocenters. The molecule has 0 fully saturated rings. The molecule has 0 saturated carbocycles. The van der Waals surface area contributed by atoms with Gasteiger partial charge in [0.15, 0.2) is 6.04 Å². The average molecular weight is 271 g/mol. The molecule has 0 aliphatic rings. The molecule has 4 N–H and O–H groups in total. The highest BCUT2D eigenvalue weighted by atomic mass is 16.6. The SMILES string of the molecule is N[C@@H](C(=O)O)C(c1ccc(O)cc1[N+](=O)[O-])[N+](=O)[O-]. The van der Waals surface area contributed by atoms with Gasteiger partial charge >= 0.3 is 5.97 Å². The lowest BCUT2D eigenvalue weighted by molar-refractivity contribution is -0.531. The average Bonchev–Trinajstić information content (AvgIpc) is 2.30. The van der Waals surface area contributed by atoms with Gasteiger partial charge in [-0.15, -0.1) is 0 Å². The number of hydrogen-bond donors (Lipinski definition) is 3. The molecule has 0 bridgehead atoms. The minimum atomic E-state index is -1.99. The van der Waals surface area contributed by atoms with E-state index in [1.165, 1.54) is 0 Å². The van der Waals surface area contributed by atoms with Crippen LogP contribution >= 0.6 is 0 Å². The molecule has 1 aromatic carbocycles. The van der Waals surface area contributed by atoms with Crippen LogP contribution in [0.1, 0.15) is 11.6 Å². The first-order valence-corrected chi connectivity index (χ1v) is 4.85. The second-order valence-electron chi connectivity index (χ2n) is 3.59. The molecule has 0 spiro atoms. The fourth-order valence-corrected chi connectivity index (χ4v) is 1.51. The van der Waals surface area contributed by atoms with Crippen LogP contribution in [0.2, 0.25) is 0 Å². The fourth-order valence-electron chi connectivity index (χ4n) is 1.51. The quantitative estimate of drug-likeness (QED) is 0.497. The number of phenolic OH excluding ortho intramolecular Hbond substituents is 1. The lowest BCUT2D eigenvalue weighted by Gasteiger charge is -2.13. The summed E-state index contributed by atoms with van der Waals surface area (Å²) in [5.74, 6) is -2.13.